The van der Waals surface area contributed by atoms with Crippen LogP contribution in [0.5, 0.6) is 0 Å². The van der Waals surface area contributed by atoms with Crippen molar-refractivity contribution in [3.63, 3.8) is 0 Å². The molecule has 142 valence electrons. The normalized spacial score (nSPS) is 11.9. The highest BCUT2D eigenvalue weighted by Gasteiger charge is 2.24. The molecule has 0 saturated heterocycles. The zero-order valence-electron chi connectivity index (χ0n) is 15.1. The molecule has 8 heteroatoms. The van der Waals surface area contributed by atoms with Crippen molar-refractivity contribution in [1.82, 2.24) is 14.1 Å². The van der Waals surface area contributed by atoms with E-state index < -0.39 is 15.8 Å². The number of hydrogen-bond donors (Lipinski definition) is 0. The third-order valence-electron chi connectivity index (χ3n) is 4.42. The molecule has 0 aliphatic carbocycles. The smallest absolute Gasteiger partial charge is 0.238 e. The van der Waals surface area contributed by atoms with Gasteiger partial charge in [0.2, 0.25) is 10.0 Å². The second-order valence-electron chi connectivity index (χ2n) is 6.23. The maximum Gasteiger partial charge on any atom is 0.243 e. The highest BCUT2D eigenvalue weighted by Crippen LogP contribution is 2.25. The fourth-order valence-electron chi connectivity index (χ4n) is 2.85. The molecule has 0 fully saturated rings. The highest BCUT2D eigenvalue weighted by molar-refractivity contribution is 7.89. The molecule has 0 N–H and O–H groups in total. The van der Waals surface area contributed by atoms with Crippen molar-refractivity contribution < 1.29 is 12.8 Å². The summed E-state index contributed by atoms with van der Waals surface area (Å²) in [7, 11) is -2.34. The van der Waals surface area contributed by atoms with E-state index in [1.54, 1.807) is 4.68 Å². The molecule has 27 heavy (non-hydrogen) atoms. The van der Waals surface area contributed by atoms with E-state index in [9.17, 15) is 12.8 Å². The fraction of sp³-hybridized carbons (Fsp3) is 0.211. The summed E-state index contributed by atoms with van der Waals surface area (Å²) in [4.78, 5) is -0.0536. The number of halogens is 2. The van der Waals surface area contributed by atoms with Crippen LogP contribution >= 0.6 is 11.6 Å². The van der Waals surface area contributed by atoms with Gasteiger partial charge < -0.3 is 0 Å². The first kappa shape index (κ1) is 19.5. The Hall–Kier alpha value is -2.22. The van der Waals surface area contributed by atoms with Crippen LogP contribution in [0.4, 0.5) is 4.39 Å². The third-order valence-corrected chi connectivity index (χ3v) is 6.51. The van der Waals surface area contributed by atoms with Crippen LogP contribution < -0.4 is 0 Å². The summed E-state index contributed by atoms with van der Waals surface area (Å²) in [6.07, 6.45) is 0. The van der Waals surface area contributed by atoms with Crippen LogP contribution in [0.3, 0.4) is 0 Å². The SMILES string of the molecule is Cc1nn(-c2ccccc2)c(C)c1CN(C)S(=O)(=O)c1ccc(F)c(Cl)c1. The van der Waals surface area contributed by atoms with Gasteiger partial charge in [0.05, 0.1) is 21.3 Å². The summed E-state index contributed by atoms with van der Waals surface area (Å²) in [6, 6.07) is 13.0. The van der Waals surface area contributed by atoms with Crippen LogP contribution in [0.15, 0.2) is 53.4 Å². The first-order valence-electron chi connectivity index (χ1n) is 8.23. The Morgan fingerprint density at radius 2 is 1.81 bits per heavy atom. The fourth-order valence-corrected chi connectivity index (χ4v) is 4.26. The molecule has 0 aliphatic rings. The van der Waals surface area contributed by atoms with Gasteiger partial charge in [-0.05, 0) is 44.2 Å². The van der Waals surface area contributed by atoms with Gasteiger partial charge in [0.25, 0.3) is 0 Å². The molecule has 3 rings (SSSR count). The molecular formula is C19H19ClFN3O2S. The highest BCUT2D eigenvalue weighted by atomic mass is 35.5. The van der Waals surface area contributed by atoms with Crippen LogP contribution in [0.25, 0.3) is 5.69 Å². The Morgan fingerprint density at radius 1 is 1.15 bits per heavy atom. The molecule has 0 unspecified atom stereocenters. The third kappa shape index (κ3) is 3.76. The largest absolute Gasteiger partial charge is 0.243 e. The summed E-state index contributed by atoms with van der Waals surface area (Å²) < 4.78 is 42.0. The summed E-state index contributed by atoms with van der Waals surface area (Å²) >= 11 is 5.74. The molecule has 0 bridgehead atoms. The van der Waals surface area contributed by atoms with E-state index in [0.29, 0.717) is 0 Å². The van der Waals surface area contributed by atoms with E-state index in [4.69, 9.17) is 11.6 Å². The maximum atomic E-state index is 13.4. The van der Waals surface area contributed by atoms with Crippen LogP contribution in [0.1, 0.15) is 17.0 Å². The minimum Gasteiger partial charge on any atom is -0.238 e. The van der Waals surface area contributed by atoms with Gasteiger partial charge in [0.15, 0.2) is 0 Å². The molecule has 3 aromatic rings. The van der Waals surface area contributed by atoms with Crippen molar-refractivity contribution in [2.45, 2.75) is 25.3 Å². The van der Waals surface area contributed by atoms with Gasteiger partial charge in [0, 0.05) is 24.8 Å². The van der Waals surface area contributed by atoms with Crippen LogP contribution in [-0.2, 0) is 16.6 Å². The lowest BCUT2D eigenvalue weighted by molar-refractivity contribution is 0.465. The number of aromatic nitrogens is 2. The lowest BCUT2D eigenvalue weighted by atomic mass is 10.2. The molecule has 0 saturated carbocycles. The second kappa shape index (κ2) is 7.42. The monoisotopic (exact) mass is 407 g/mol. The van der Waals surface area contributed by atoms with Crippen LogP contribution in [-0.4, -0.2) is 29.6 Å². The van der Waals surface area contributed by atoms with Gasteiger partial charge in [-0.2, -0.15) is 9.40 Å². The first-order valence-corrected chi connectivity index (χ1v) is 10.1. The first-order chi connectivity index (χ1) is 12.7. The minimum absolute atomic E-state index is 0.0536. The Labute approximate surface area is 163 Å². The van der Waals surface area contributed by atoms with E-state index >= 15 is 0 Å². The zero-order valence-corrected chi connectivity index (χ0v) is 16.7. The van der Waals surface area contributed by atoms with E-state index in [2.05, 4.69) is 5.10 Å². The molecule has 0 amide bonds. The molecule has 0 aliphatic heterocycles. The summed E-state index contributed by atoms with van der Waals surface area (Å²) in [5.41, 5.74) is 3.33. The van der Waals surface area contributed by atoms with Crippen molar-refractivity contribution in [2.75, 3.05) is 7.05 Å². The Bertz CT molecular complexity index is 1080. The minimum atomic E-state index is -3.82. The standard InChI is InChI=1S/C19H19ClFN3O2S/c1-13-17(14(2)24(22-13)15-7-5-4-6-8-15)12-23(3)27(25,26)16-9-10-19(21)18(20)11-16/h4-11H,12H2,1-3H3. The number of para-hydroxylation sites is 1. The van der Waals surface area contributed by atoms with Crippen molar-refractivity contribution in [1.29, 1.82) is 0 Å². The quantitative estimate of drug-likeness (QED) is 0.639. The summed E-state index contributed by atoms with van der Waals surface area (Å²) in [6.45, 7) is 3.89. The predicted octanol–water partition coefficient (Wildman–Crippen LogP) is 4.10. The van der Waals surface area contributed by atoms with Gasteiger partial charge >= 0.3 is 0 Å². The topological polar surface area (TPSA) is 55.2 Å². The number of aryl methyl sites for hydroxylation is 1. The molecule has 5 nitrogen and oxygen atoms in total. The van der Waals surface area contributed by atoms with E-state index in [1.807, 2.05) is 44.2 Å². The molecule has 0 spiro atoms. The molecule has 0 radical (unpaired) electrons. The van der Waals surface area contributed by atoms with Crippen LogP contribution in [0.2, 0.25) is 5.02 Å². The number of rotatable bonds is 5. The molecular weight excluding hydrogens is 389 g/mol. The van der Waals surface area contributed by atoms with Gasteiger partial charge in [-0.25, -0.2) is 17.5 Å². The zero-order chi connectivity index (χ0) is 19.8. The average molecular weight is 408 g/mol. The Kier molecular flexibility index (Phi) is 5.37. The Balaban J connectivity index is 1.93. The van der Waals surface area contributed by atoms with Crippen molar-refractivity contribution >= 4 is 21.6 Å². The average Bonchev–Trinajstić information content (AvgIpc) is 2.92. The predicted molar refractivity (Wildman–Crippen MR) is 103 cm³/mol. The second-order valence-corrected chi connectivity index (χ2v) is 8.69. The maximum absolute atomic E-state index is 13.4. The summed E-state index contributed by atoms with van der Waals surface area (Å²) in [5, 5.41) is 4.31. The van der Waals surface area contributed by atoms with Crippen molar-refractivity contribution in [3.8, 4) is 5.69 Å². The molecule has 0 atom stereocenters. The van der Waals surface area contributed by atoms with Crippen LogP contribution in [0, 0.1) is 19.7 Å². The lowest BCUT2D eigenvalue weighted by Gasteiger charge is -2.18. The van der Waals surface area contributed by atoms with Gasteiger partial charge in [0.1, 0.15) is 5.82 Å². The summed E-state index contributed by atoms with van der Waals surface area (Å²) in [5.74, 6) is -0.658. The van der Waals surface area contributed by atoms with E-state index in [1.165, 1.54) is 17.4 Å². The number of hydrogen-bond acceptors (Lipinski definition) is 3. The Morgan fingerprint density at radius 3 is 2.44 bits per heavy atom. The van der Waals surface area contributed by atoms with Gasteiger partial charge in [-0.15, -0.1) is 0 Å². The van der Waals surface area contributed by atoms with Gasteiger partial charge in [-0.1, -0.05) is 29.8 Å². The lowest BCUT2D eigenvalue weighted by Crippen LogP contribution is -2.27. The van der Waals surface area contributed by atoms with E-state index in [0.717, 1.165) is 34.8 Å². The molecule has 2 aromatic carbocycles. The van der Waals surface area contributed by atoms with Gasteiger partial charge in [-0.3, -0.25) is 0 Å². The molecule has 1 aromatic heterocycles. The van der Waals surface area contributed by atoms with Crippen molar-refractivity contribution in [2.24, 2.45) is 0 Å². The number of benzene rings is 2. The number of sulfonamides is 1. The molecule has 1 heterocycles. The van der Waals surface area contributed by atoms with Crippen molar-refractivity contribution in [3.05, 3.63) is 76.3 Å². The van der Waals surface area contributed by atoms with E-state index in [-0.39, 0.29) is 16.5 Å². The number of nitrogens with zero attached hydrogens (tertiary/aromatic N) is 3.